The smallest absolute Gasteiger partial charge is 0.337 e. The predicted molar refractivity (Wildman–Crippen MR) is 69.3 cm³/mol. The van der Waals surface area contributed by atoms with Crippen LogP contribution in [0.4, 0.5) is 11.4 Å². The number of nitrogens with two attached hydrogens (primary N) is 2. The molecule has 1 rings (SSSR count). The third-order valence-corrected chi connectivity index (χ3v) is 2.68. The van der Waals surface area contributed by atoms with Crippen LogP contribution in [0, 0.1) is 5.41 Å². The molecule has 0 aliphatic carbocycles. The topological polar surface area (TPSA) is 118 Å². The van der Waals surface area contributed by atoms with Crippen LogP contribution in [0.3, 0.4) is 0 Å². The number of aromatic carboxylic acids is 1. The highest BCUT2D eigenvalue weighted by molar-refractivity contribution is 5.94. The van der Waals surface area contributed by atoms with Crippen molar-refractivity contribution in [1.29, 1.82) is 0 Å². The van der Waals surface area contributed by atoms with E-state index in [-0.39, 0.29) is 11.3 Å². The lowest BCUT2D eigenvalue weighted by atomic mass is 9.92. The summed E-state index contributed by atoms with van der Waals surface area (Å²) in [7, 11) is 0. The van der Waals surface area contributed by atoms with E-state index >= 15 is 0 Å². The molecule has 0 atom stereocenters. The fourth-order valence-corrected chi connectivity index (χ4v) is 1.28. The number of primary amides is 1. The molecule has 18 heavy (non-hydrogen) atoms. The highest BCUT2D eigenvalue weighted by Gasteiger charge is 2.24. The number of carbonyl (C=O) groups excluding carboxylic acids is 1. The van der Waals surface area contributed by atoms with Crippen molar-refractivity contribution >= 4 is 23.3 Å². The van der Waals surface area contributed by atoms with Crippen molar-refractivity contribution < 1.29 is 14.7 Å². The fraction of sp³-hybridized carbons (Fsp3) is 0.333. The molecule has 0 aromatic heterocycles. The Kier molecular flexibility index (Phi) is 3.80. The van der Waals surface area contributed by atoms with E-state index in [1.807, 2.05) is 0 Å². The second kappa shape index (κ2) is 4.95. The first-order valence-corrected chi connectivity index (χ1v) is 5.40. The zero-order chi connectivity index (χ0) is 13.9. The second-order valence-corrected chi connectivity index (χ2v) is 4.71. The molecule has 0 unspecified atom stereocenters. The molecular weight excluding hydrogens is 234 g/mol. The molecular formula is C12H17N3O3. The standard InChI is InChI=1S/C12H17N3O3/c1-12(2,11(14)18)6-15-7-3-4-8(10(16)17)9(13)5-7/h3-5,15H,6,13H2,1-2H3,(H2,14,18)(H,16,17). The molecule has 1 aromatic carbocycles. The van der Waals surface area contributed by atoms with Gasteiger partial charge in [-0.15, -0.1) is 0 Å². The molecule has 0 radical (unpaired) electrons. The summed E-state index contributed by atoms with van der Waals surface area (Å²) in [4.78, 5) is 21.9. The molecule has 6 N–H and O–H groups in total. The van der Waals surface area contributed by atoms with Gasteiger partial charge in [-0.05, 0) is 32.0 Å². The summed E-state index contributed by atoms with van der Waals surface area (Å²) in [6, 6.07) is 4.52. The number of nitrogen functional groups attached to an aromatic ring is 1. The van der Waals surface area contributed by atoms with E-state index in [0.29, 0.717) is 12.2 Å². The third kappa shape index (κ3) is 3.13. The summed E-state index contributed by atoms with van der Waals surface area (Å²) in [6.45, 7) is 3.78. The van der Waals surface area contributed by atoms with Gasteiger partial charge < -0.3 is 21.9 Å². The summed E-state index contributed by atoms with van der Waals surface area (Å²) in [5.41, 5.74) is 11.0. The largest absolute Gasteiger partial charge is 0.478 e. The molecule has 0 aliphatic heterocycles. The molecule has 6 nitrogen and oxygen atoms in total. The minimum atomic E-state index is -1.07. The average molecular weight is 251 g/mol. The van der Waals surface area contributed by atoms with Crippen molar-refractivity contribution in [1.82, 2.24) is 0 Å². The van der Waals surface area contributed by atoms with E-state index in [1.165, 1.54) is 12.1 Å². The van der Waals surface area contributed by atoms with Crippen LogP contribution < -0.4 is 16.8 Å². The molecule has 0 saturated carbocycles. The van der Waals surface area contributed by atoms with Crippen LogP contribution in [-0.4, -0.2) is 23.5 Å². The SMILES string of the molecule is CC(C)(CNc1ccc(C(=O)O)c(N)c1)C(N)=O. The van der Waals surface area contributed by atoms with E-state index in [4.69, 9.17) is 16.6 Å². The Morgan fingerprint density at radius 3 is 2.44 bits per heavy atom. The van der Waals surface area contributed by atoms with E-state index in [9.17, 15) is 9.59 Å². The van der Waals surface area contributed by atoms with Gasteiger partial charge in [0.05, 0.1) is 11.0 Å². The van der Waals surface area contributed by atoms with Crippen molar-refractivity contribution in [3.63, 3.8) is 0 Å². The monoisotopic (exact) mass is 251 g/mol. The molecule has 0 fully saturated rings. The number of benzene rings is 1. The number of amides is 1. The highest BCUT2D eigenvalue weighted by atomic mass is 16.4. The normalized spacial score (nSPS) is 11.0. The zero-order valence-corrected chi connectivity index (χ0v) is 10.4. The van der Waals surface area contributed by atoms with Crippen LogP contribution in [0.25, 0.3) is 0 Å². The zero-order valence-electron chi connectivity index (χ0n) is 10.4. The second-order valence-electron chi connectivity index (χ2n) is 4.71. The van der Waals surface area contributed by atoms with Gasteiger partial charge in [-0.25, -0.2) is 4.79 Å². The predicted octanol–water partition coefficient (Wildman–Crippen LogP) is 0.890. The van der Waals surface area contributed by atoms with Crippen LogP contribution >= 0.6 is 0 Å². The number of rotatable bonds is 5. The number of anilines is 2. The van der Waals surface area contributed by atoms with Gasteiger partial charge in [0, 0.05) is 17.9 Å². The molecule has 1 aromatic rings. The number of carboxylic acids is 1. The third-order valence-electron chi connectivity index (χ3n) is 2.68. The summed E-state index contributed by atoms with van der Waals surface area (Å²) in [6.07, 6.45) is 0. The van der Waals surface area contributed by atoms with E-state index in [0.717, 1.165) is 0 Å². The number of carbonyl (C=O) groups is 2. The fourth-order valence-electron chi connectivity index (χ4n) is 1.28. The Morgan fingerprint density at radius 2 is 2.00 bits per heavy atom. The maximum atomic E-state index is 11.1. The highest BCUT2D eigenvalue weighted by Crippen LogP contribution is 2.20. The van der Waals surface area contributed by atoms with Gasteiger partial charge in [0.15, 0.2) is 0 Å². The van der Waals surface area contributed by atoms with Crippen LogP contribution in [0.2, 0.25) is 0 Å². The lowest BCUT2D eigenvalue weighted by molar-refractivity contribution is -0.125. The Hall–Kier alpha value is -2.24. The Balaban J connectivity index is 2.79. The summed E-state index contributed by atoms with van der Waals surface area (Å²) in [5.74, 6) is -1.48. The quantitative estimate of drug-likeness (QED) is 0.579. The average Bonchev–Trinajstić information content (AvgIpc) is 2.25. The first kappa shape index (κ1) is 13.8. The van der Waals surface area contributed by atoms with E-state index < -0.39 is 17.3 Å². The Bertz CT molecular complexity index is 483. The van der Waals surface area contributed by atoms with Gasteiger partial charge >= 0.3 is 5.97 Å². The van der Waals surface area contributed by atoms with Gasteiger partial charge in [-0.3, -0.25) is 4.79 Å². The van der Waals surface area contributed by atoms with Crippen LogP contribution in [0.15, 0.2) is 18.2 Å². The van der Waals surface area contributed by atoms with Gasteiger partial charge in [0.1, 0.15) is 0 Å². The molecule has 6 heteroatoms. The van der Waals surface area contributed by atoms with Crippen LogP contribution in [-0.2, 0) is 4.79 Å². The van der Waals surface area contributed by atoms with Crippen molar-refractivity contribution in [2.45, 2.75) is 13.8 Å². The number of nitrogens with one attached hydrogen (secondary N) is 1. The minimum Gasteiger partial charge on any atom is -0.478 e. The van der Waals surface area contributed by atoms with Gasteiger partial charge in [-0.1, -0.05) is 0 Å². The van der Waals surface area contributed by atoms with Gasteiger partial charge in [0.25, 0.3) is 0 Å². The molecule has 0 bridgehead atoms. The number of hydrogen-bond acceptors (Lipinski definition) is 4. The maximum Gasteiger partial charge on any atom is 0.337 e. The minimum absolute atomic E-state index is 0.0507. The van der Waals surface area contributed by atoms with Crippen LogP contribution in [0.5, 0.6) is 0 Å². The molecule has 1 amide bonds. The summed E-state index contributed by atoms with van der Waals surface area (Å²) in [5, 5.41) is 11.8. The molecule has 98 valence electrons. The molecule has 0 spiro atoms. The maximum absolute atomic E-state index is 11.1. The molecule has 0 aliphatic rings. The molecule has 0 heterocycles. The lowest BCUT2D eigenvalue weighted by Crippen LogP contribution is -2.37. The number of hydrogen-bond donors (Lipinski definition) is 4. The van der Waals surface area contributed by atoms with E-state index in [1.54, 1.807) is 19.9 Å². The summed E-state index contributed by atoms with van der Waals surface area (Å²) >= 11 is 0. The van der Waals surface area contributed by atoms with Crippen molar-refractivity contribution in [2.75, 3.05) is 17.6 Å². The van der Waals surface area contributed by atoms with Crippen molar-refractivity contribution in [2.24, 2.45) is 11.1 Å². The van der Waals surface area contributed by atoms with Gasteiger partial charge in [-0.2, -0.15) is 0 Å². The van der Waals surface area contributed by atoms with Crippen molar-refractivity contribution in [3.05, 3.63) is 23.8 Å². The molecule has 0 saturated heterocycles. The van der Waals surface area contributed by atoms with Gasteiger partial charge in [0.2, 0.25) is 5.91 Å². The Morgan fingerprint density at radius 1 is 1.39 bits per heavy atom. The Labute approximate surface area is 105 Å². The van der Waals surface area contributed by atoms with E-state index in [2.05, 4.69) is 5.32 Å². The van der Waals surface area contributed by atoms with Crippen LogP contribution in [0.1, 0.15) is 24.2 Å². The lowest BCUT2D eigenvalue weighted by Gasteiger charge is -2.21. The first-order valence-electron chi connectivity index (χ1n) is 5.40. The number of carboxylic acid groups (broad SMARTS) is 1. The summed E-state index contributed by atoms with van der Waals surface area (Å²) < 4.78 is 0. The first-order chi connectivity index (χ1) is 8.24. The van der Waals surface area contributed by atoms with Crippen molar-refractivity contribution in [3.8, 4) is 0 Å².